The molecule has 1 aromatic carbocycles. The summed E-state index contributed by atoms with van der Waals surface area (Å²) in [5.74, 6) is 0.747. The van der Waals surface area contributed by atoms with Crippen LogP contribution in [0.25, 0.3) is 11.6 Å². The van der Waals surface area contributed by atoms with Gasteiger partial charge >= 0.3 is 0 Å². The molecule has 2 aromatic rings. The normalized spacial score (nSPS) is 16.0. The predicted molar refractivity (Wildman–Crippen MR) is 75.1 cm³/mol. The highest BCUT2D eigenvalue weighted by Gasteiger charge is 2.29. The zero-order valence-corrected chi connectivity index (χ0v) is 10.8. The van der Waals surface area contributed by atoms with E-state index in [2.05, 4.69) is 4.98 Å². The number of likely N-dealkylation sites (N-methyl/N-ethyl adjacent to an activating group) is 1. The molecular formula is C15H14N2O2. The maximum atomic E-state index is 12.3. The van der Waals surface area contributed by atoms with Crippen LogP contribution in [-0.4, -0.2) is 25.0 Å². The number of aromatic nitrogens is 1. The van der Waals surface area contributed by atoms with Gasteiger partial charge in [0.05, 0.1) is 18.4 Å². The van der Waals surface area contributed by atoms with E-state index >= 15 is 0 Å². The Morgan fingerprint density at radius 1 is 1.32 bits per heavy atom. The number of rotatable bonds is 2. The number of benzene rings is 1. The molecule has 1 aliphatic heterocycles. The number of hydrogen-bond donors (Lipinski definition) is 1. The van der Waals surface area contributed by atoms with E-state index in [-0.39, 0.29) is 5.91 Å². The van der Waals surface area contributed by atoms with Crippen molar-refractivity contribution in [2.75, 3.05) is 19.1 Å². The van der Waals surface area contributed by atoms with Crippen molar-refractivity contribution in [1.29, 1.82) is 0 Å². The van der Waals surface area contributed by atoms with Crippen LogP contribution in [-0.2, 0) is 4.79 Å². The predicted octanol–water partition coefficient (Wildman–Crippen LogP) is 2.54. The van der Waals surface area contributed by atoms with E-state index in [1.807, 2.05) is 42.6 Å². The summed E-state index contributed by atoms with van der Waals surface area (Å²) in [6, 6.07) is 9.49. The minimum absolute atomic E-state index is 0.00199. The number of hydrogen-bond acceptors (Lipinski definition) is 2. The van der Waals surface area contributed by atoms with Crippen LogP contribution in [0, 0.1) is 0 Å². The van der Waals surface area contributed by atoms with E-state index in [1.54, 1.807) is 19.1 Å². The van der Waals surface area contributed by atoms with Gasteiger partial charge in [-0.3, -0.25) is 4.79 Å². The summed E-state index contributed by atoms with van der Waals surface area (Å²) in [6.07, 6.45) is 3.70. The van der Waals surface area contributed by atoms with Gasteiger partial charge in [-0.2, -0.15) is 0 Å². The van der Waals surface area contributed by atoms with Gasteiger partial charge in [-0.05, 0) is 36.4 Å². The van der Waals surface area contributed by atoms with Gasteiger partial charge in [0, 0.05) is 24.5 Å². The topological polar surface area (TPSA) is 45.3 Å². The highest BCUT2D eigenvalue weighted by Crippen LogP contribution is 2.38. The molecule has 0 saturated heterocycles. The van der Waals surface area contributed by atoms with E-state index in [9.17, 15) is 4.79 Å². The average molecular weight is 254 g/mol. The smallest absolute Gasteiger partial charge is 0.258 e. The van der Waals surface area contributed by atoms with Crippen LogP contribution in [0.3, 0.4) is 0 Å². The molecule has 4 nitrogen and oxygen atoms in total. The van der Waals surface area contributed by atoms with Gasteiger partial charge in [0.1, 0.15) is 5.75 Å². The van der Waals surface area contributed by atoms with Crippen LogP contribution in [0.5, 0.6) is 5.75 Å². The number of nitrogens with zero attached hydrogens (tertiary/aromatic N) is 1. The molecule has 0 atom stereocenters. The number of carbonyl (C=O) groups excluding carboxylic acids is 1. The third-order valence-corrected chi connectivity index (χ3v) is 3.31. The Morgan fingerprint density at radius 3 is 2.84 bits per heavy atom. The number of carbonyl (C=O) groups is 1. The summed E-state index contributed by atoms with van der Waals surface area (Å²) in [5.41, 5.74) is 3.40. The first-order chi connectivity index (χ1) is 9.20. The van der Waals surface area contributed by atoms with Gasteiger partial charge in [0.15, 0.2) is 0 Å². The molecule has 4 heteroatoms. The Hall–Kier alpha value is -2.49. The lowest BCUT2D eigenvalue weighted by Crippen LogP contribution is -2.20. The monoisotopic (exact) mass is 254 g/mol. The van der Waals surface area contributed by atoms with Crippen LogP contribution >= 0.6 is 0 Å². The van der Waals surface area contributed by atoms with Crippen LogP contribution in [0.2, 0.25) is 0 Å². The van der Waals surface area contributed by atoms with E-state index in [4.69, 9.17) is 4.74 Å². The molecule has 0 radical (unpaired) electrons. The first-order valence-electron chi connectivity index (χ1n) is 6.02. The molecule has 1 aromatic heterocycles. The quantitative estimate of drug-likeness (QED) is 0.837. The second-order valence-corrected chi connectivity index (χ2v) is 4.43. The number of aromatic amines is 1. The third kappa shape index (κ3) is 1.81. The number of anilines is 1. The van der Waals surface area contributed by atoms with Gasteiger partial charge < -0.3 is 14.6 Å². The molecular weight excluding hydrogens is 240 g/mol. The lowest BCUT2D eigenvalue weighted by molar-refractivity contribution is -0.112. The molecule has 2 heterocycles. The van der Waals surface area contributed by atoms with Crippen LogP contribution in [0.1, 0.15) is 11.3 Å². The molecule has 0 saturated carbocycles. The minimum atomic E-state index is -0.00199. The Bertz CT molecular complexity index is 657. The maximum Gasteiger partial charge on any atom is 0.258 e. The fourth-order valence-electron chi connectivity index (χ4n) is 2.28. The van der Waals surface area contributed by atoms with E-state index in [1.165, 1.54) is 0 Å². The first kappa shape index (κ1) is 11.6. The molecule has 0 spiro atoms. The zero-order valence-electron chi connectivity index (χ0n) is 10.8. The summed E-state index contributed by atoms with van der Waals surface area (Å²) in [5, 5.41) is 0. The maximum absolute atomic E-state index is 12.3. The Kier molecular flexibility index (Phi) is 2.63. The van der Waals surface area contributed by atoms with Crippen LogP contribution in [0.4, 0.5) is 5.69 Å². The molecule has 0 unspecified atom stereocenters. The fourth-order valence-corrected chi connectivity index (χ4v) is 2.28. The van der Waals surface area contributed by atoms with E-state index in [0.717, 1.165) is 22.7 Å². The van der Waals surface area contributed by atoms with Crippen molar-refractivity contribution in [3.8, 4) is 5.75 Å². The largest absolute Gasteiger partial charge is 0.497 e. The molecule has 19 heavy (non-hydrogen) atoms. The van der Waals surface area contributed by atoms with Crippen molar-refractivity contribution >= 4 is 23.2 Å². The lowest BCUT2D eigenvalue weighted by atomic mass is 10.1. The van der Waals surface area contributed by atoms with Crippen molar-refractivity contribution in [2.24, 2.45) is 0 Å². The average Bonchev–Trinajstić information content (AvgIpc) is 3.02. The second kappa shape index (κ2) is 4.31. The van der Waals surface area contributed by atoms with Gasteiger partial charge in [-0.15, -0.1) is 0 Å². The van der Waals surface area contributed by atoms with Crippen LogP contribution < -0.4 is 9.64 Å². The molecule has 1 N–H and O–H groups in total. The van der Waals surface area contributed by atoms with Gasteiger partial charge in [0.2, 0.25) is 0 Å². The summed E-state index contributed by atoms with van der Waals surface area (Å²) in [7, 11) is 3.40. The summed E-state index contributed by atoms with van der Waals surface area (Å²) < 4.78 is 5.23. The number of methoxy groups -OCH3 is 1. The SMILES string of the molecule is COc1ccc2c(c1)/C(=C/c1ccc[nH]1)C(=O)N2C. The zero-order chi connectivity index (χ0) is 13.4. The molecule has 0 aliphatic carbocycles. The summed E-state index contributed by atoms with van der Waals surface area (Å²) in [4.78, 5) is 17.0. The van der Waals surface area contributed by atoms with E-state index < -0.39 is 0 Å². The number of H-pyrrole nitrogens is 1. The fraction of sp³-hybridized carbons (Fsp3) is 0.133. The second-order valence-electron chi connectivity index (χ2n) is 4.43. The van der Waals surface area contributed by atoms with Gasteiger partial charge in [-0.25, -0.2) is 0 Å². The third-order valence-electron chi connectivity index (χ3n) is 3.31. The standard InChI is InChI=1S/C15H14N2O2/c1-17-14-6-5-11(19-2)9-12(14)13(15(17)18)8-10-4-3-7-16-10/h3-9,16H,1-2H3/b13-8-. The lowest BCUT2D eigenvalue weighted by Gasteiger charge is -2.09. The van der Waals surface area contributed by atoms with Crippen LogP contribution in [0.15, 0.2) is 36.5 Å². The molecule has 1 aliphatic rings. The van der Waals surface area contributed by atoms with Crippen molar-refractivity contribution in [2.45, 2.75) is 0 Å². The van der Waals surface area contributed by atoms with Crippen molar-refractivity contribution in [1.82, 2.24) is 4.98 Å². The minimum Gasteiger partial charge on any atom is -0.497 e. The Balaban J connectivity index is 2.15. The van der Waals surface area contributed by atoms with E-state index in [0.29, 0.717) is 5.57 Å². The van der Waals surface area contributed by atoms with Crippen molar-refractivity contribution < 1.29 is 9.53 Å². The number of amides is 1. The summed E-state index contributed by atoms with van der Waals surface area (Å²) >= 11 is 0. The van der Waals surface area contributed by atoms with Gasteiger partial charge in [0.25, 0.3) is 5.91 Å². The number of ether oxygens (including phenoxy) is 1. The number of fused-ring (bicyclic) bond motifs is 1. The number of nitrogens with one attached hydrogen (secondary N) is 1. The van der Waals surface area contributed by atoms with Crippen molar-refractivity contribution in [3.05, 3.63) is 47.8 Å². The van der Waals surface area contributed by atoms with Gasteiger partial charge in [-0.1, -0.05) is 0 Å². The molecule has 0 fully saturated rings. The first-order valence-corrected chi connectivity index (χ1v) is 6.02. The van der Waals surface area contributed by atoms with Crippen molar-refractivity contribution in [3.63, 3.8) is 0 Å². The Morgan fingerprint density at radius 2 is 2.16 bits per heavy atom. The molecule has 0 bridgehead atoms. The molecule has 1 amide bonds. The highest BCUT2D eigenvalue weighted by atomic mass is 16.5. The summed E-state index contributed by atoms with van der Waals surface area (Å²) in [6.45, 7) is 0. The Labute approximate surface area is 111 Å². The molecule has 3 rings (SSSR count). The highest BCUT2D eigenvalue weighted by molar-refractivity contribution is 6.35. The molecule has 96 valence electrons.